The first kappa shape index (κ1) is 22.5. The summed E-state index contributed by atoms with van der Waals surface area (Å²) in [7, 11) is 0. The van der Waals surface area contributed by atoms with Gasteiger partial charge in [0.1, 0.15) is 0 Å². The van der Waals surface area contributed by atoms with E-state index in [2.05, 4.69) is 16.8 Å². The highest BCUT2D eigenvalue weighted by Gasteiger charge is 2.22. The van der Waals surface area contributed by atoms with E-state index in [0.29, 0.717) is 42.2 Å². The molecule has 2 aromatic rings. The number of ether oxygens (including phenoxy) is 2. The molecule has 1 N–H and O–H groups in total. The van der Waals surface area contributed by atoms with E-state index in [1.54, 1.807) is 0 Å². The molecule has 1 aliphatic carbocycles. The summed E-state index contributed by atoms with van der Waals surface area (Å²) in [4.78, 5) is 17.3. The zero-order valence-electron chi connectivity index (χ0n) is 18.5. The van der Waals surface area contributed by atoms with Crippen molar-refractivity contribution < 1.29 is 14.3 Å². The predicted molar refractivity (Wildman–Crippen MR) is 122 cm³/mol. The van der Waals surface area contributed by atoms with Crippen molar-refractivity contribution in [2.75, 3.05) is 24.3 Å². The number of thioether (sulfide) groups is 1. The van der Waals surface area contributed by atoms with Gasteiger partial charge in [0.05, 0.1) is 24.7 Å². The minimum Gasteiger partial charge on any atom is -0.490 e. The average molecular weight is 432 g/mol. The lowest BCUT2D eigenvalue weighted by molar-refractivity contribution is -0.113. The number of carbonyl (C=O) groups excluding carboxylic acids is 1. The summed E-state index contributed by atoms with van der Waals surface area (Å²) in [6.07, 6.45) is 6.25. The fourth-order valence-corrected chi connectivity index (χ4v) is 4.88. The molecule has 0 unspecified atom stereocenters. The van der Waals surface area contributed by atoms with Crippen LogP contribution in [0.2, 0.25) is 0 Å². The number of carbonyl (C=O) groups is 1. The van der Waals surface area contributed by atoms with Crippen LogP contribution in [0, 0.1) is 13.8 Å². The molecule has 1 fully saturated rings. The molecule has 1 aromatic heterocycles. The van der Waals surface area contributed by atoms with Gasteiger partial charge in [0, 0.05) is 23.5 Å². The Kier molecular flexibility index (Phi) is 8.08. The fourth-order valence-electron chi connectivity index (χ4n) is 3.92. The van der Waals surface area contributed by atoms with Crippen molar-refractivity contribution in [2.24, 2.45) is 0 Å². The monoisotopic (exact) mass is 431 g/mol. The molecule has 1 amide bonds. The Bertz CT molecular complexity index is 860. The molecule has 1 heterocycles. The second-order valence-electron chi connectivity index (χ2n) is 7.59. The second kappa shape index (κ2) is 10.8. The van der Waals surface area contributed by atoms with E-state index in [-0.39, 0.29) is 5.91 Å². The normalized spacial score (nSPS) is 14.5. The standard InChI is InChI=1S/C23H33N3O3S/c1-5-28-20-13-12-18(14-21(20)29-6-2)25-22(27)15-30-23-24-16(3)17(4)26(23)19-10-8-7-9-11-19/h12-14,19H,5-11,15H2,1-4H3,(H,25,27). The summed E-state index contributed by atoms with van der Waals surface area (Å²) in [5.41, 5.74) is 2.98. The number of aryl methyl sites for hydroxylation is 1. The maximum atomic E-state index is 12.6. The maximum absolute atomic E-state index is 12.6. The second-order valence-corrected chi connectivity index (χ2v) is 8.53. The van der Waals surface area contributed by atoms with Crippen LogP contribution >= 0.6 is 11.8 Å². The molecular formula is C23H33N3O3S. The van der Waals surface area contributed by atoms with Crippen LogP contribution in [0.15, 0.2) is 23.4 Å². The Morgan fingerprint density at radius 3 is 2.53 bits per heavy atom. The number of imidazole rings is 1. The van der Waals surface area contributed by atoms with E-state index < -0.39 is 0 Å². The lowest BCUT2D eigenvalue weighted by Crippen LogP contribution is -2.17. The van der Waals surface area contributed by atoms with E-state index in [1.165, 1.54) is 49.6 Å². The summed E-state index contributed by atoms with van der Waals surface area (Å²) < 4.78 is 13.6. The van der Waals surface area contributed by atoms with Crippen molar-refractivity contribution in [3.63, 3.8) is 0 Å². The van der Waals surface area contributed by atoms with E-state index in [4.69, 9.17) is 14.5 Å². The molecule has 164 valence electrons. The molecule has 1 aliphatic rings. The molecule has 0 spiro atoms. The van der Waals surface area contributed by atoms with Crippen LogP contribution in [-0.4, -0.2) is 34.4 Å². The number of benzene rings is 1. The topological polar surface area (TPSA) is 65.4 Å². The van der Waals surface area contributed by atoms with E-state index in [0.717, 1.165) is 10.9 Å². The van der Waals surface area contributed by atoms with Crippen molar-refractivity contribution in [3.8, 4) is 11.5 Å². The summed E-state index contributed by atoms with van der Waals surface area (Å²) in [5, 5.41) is 3.92. The number of hydrogen-bond acceptors (Lipinski definition) is 5. The molecule has 0 bridgehead atoms. The molecule has 0 aliphatic heterocycles. The minimum absolute atomic E-state index is 0.0555. The van der Waals surface area contributed by atoms with Crippen LogP contribution in [-0.2, 0) is 4.79 Å². The van der Waals surface area contributed by atoms with Gasteiger partial charge in [-0.3, -0.25) is 4.79 Å². The maximum Gasteiger partial charge on any atom is 0.234 e. The highest BCUT2D eigenvalue weighted by molar-refractivity contribution is 7.99. The molecule has 0 saturated heterocycles. The number of nitrogens with zero attached hydrogens (tertiary/aromatic N) is 2. The smallest absolute Gasteiger partial charge is 0.234 e. The average Bonchev–Trinajstić information content (AvgIpc) is 3.03. The van der Waals surface area contributed by atoms with E-state index >= 15 is 0 Å². The number of aromatic nitrogens is 2. The Morgan fingerprint density at radius 1 is 1.13 bits per heavy atom. The highest BCUT2D eigenvalue weighted by atomic mass is 32.2. The first-order valence-corrected chi connectivity index (χ1v) is 11.9. The van der Waals surface area contributed by atoms with Gasteiger partial charge in [0.2, 0.25) is 5.91 Å². The lowest BCUT2D eigenvalue weighted by Gasteiger charge is -2.26. The van der Waals surface area contributed by atoms with Gasteiger partial charge in [-0.1, -0.05) is 31.0 Å². The van der Waals surface area contributed by atoms with Crippen LogP contribution in [0.1, 0.15) is 63.4 Å². The summed E-state index contributed by atoms with van der Waals surface area (Å²) >= 11 is 1.51. The van der Waals surface area contributed by atoms with Gasteiger partial charge in [-0.2, -0.15) is 0 Å². The predicted octanol–water partition coefficient (Wildman–Crippen LogP) is 5.53. The van der Waals surface area contributed by atoms with Gasteiger partial charge in [0.25, 0.3) is 0 Å². The molecule has 6 nitrogen and oxygen atoms in total. The molecule has 30 heavy (non-hydrogen) atoms. The third-order valence-electron chi connectivity index (χ3n) is 5.45. The van der Waals surface area contributed by atoms with Gasteiger partial charge in [0.15, 0.2) is 16.7 Å². The molecule has 0 radical (unpaired) electrons. The Labute approximate surface area is 183 Å². The first-order valence-electron chi connectivity index (χ1n) is 10.9. The molecule has 7 heteroatoms. The summed E-state index contributed by atoms with van der Waals surface area (Å²) in [6.45, 7) is 9.15. The van der Waals surface area contributed by atoms with Crippen LogP contribution in [0.5, 0.6) is 11.5 Å². The molecular weight excluding hydrogens is 398 g/mol. The van der Waals surface area contributed by atoms with Crippen LogP contribution in [0.4, 0.5) is 5.69 Å². The number of amides is 1. The Balaban J connectivity index is 1.65. The zero-order valence-corrected chi connectivity index (χ0v) is 19.3. The Morgan fingerprint density at radius 2 is 1.83 bits per heavy atom. The third kappa shape index (κ3) is 5.50. The number of rotatable bonds is 9. The SMILES string of the molecule is CCOc1ccc(NC(=O)CSc2nc(C)c(C)n2C2CCCCC2)cc1OCC. The quantitative estimate of drug-likeness (QED) is 0.529. The number of anilines is 1. The molecule has 1 aromatic carbocycles. The molecule has 3 rings (SSSR count). The van der Waals surface area contributed by atoms with Gasteiger partial charge in [-0.05, 0) is 52.7 Å². The van der Waals surface area contributed by atoms with Crippen LogP contribution < -0.4 is 14.8 Å². The van der Waals surface area contributed by atoms with Crippen LogP contribution in [0.3, 0.4) is 0 Å². The largest absolute Gasteiger partial charge is 0.490 e. The van der Waals surface area contributed by atoms with Gasteiger partial charge in [-0.15, -0.1) is 0 Å². The van der Waals surface area contributed by atoms with E-state index in [9.17, 15) is 4.79 Å². The van der Waals surface area contributed by atoms with Crippen molar-refractivity contribution in [2.45, 2.75) is 71.0 Å². The van der Waals surface area contributed by atoms with Crippen molar-refractivity contribution >= 4 is 23.4 Å². The van der Waals surface area contributed by atoms with Crippen molar-refractivity contribution in [1.82, 2.24) is 9.55 Å². The van der Waals surface area contributed by atoms with Gasteiger partial charge >= 0.3 is 0 Å². The minimum atomic E-state index is -0.0555. The highest BCUT2D eigenvalue weighted by Crippen LogP contribution is 2.34. The first-order chi connectivity index (χ1) is 14.5. The van der Waals surface area contributed by atoms with Crippen LogP contribution in [0.25, 0.3) is 0 Å². The molecule has 1 saturated carbocycles. The fraction of sp³-hybridized carbons (Fsp3) is 0.565. The van der Waals surface area contributed by atoms with Crippen molar-refractivity contribution in [3.05, 3.63) is 29.6 Å². The lowest BCUT2D eigenvalue weighted by atomic mass is 9.95. The summed E-state index contributed by atoms with van der Waals surface area (Å²) in [5.74, 6) is 1.59. The summed E-state index contributed by atoms with van der Waals surface area (Å²) in [6, 6.07) is 5.99. The molecule has 0 atom stereocenters. The van der Waals surface area contributed by atoms with Gasteiger partial charge < -0.3 is 19.4 Å². The van der Waals surface area contributed by atoms with E-state index in [1.807, 2.05) is 39.0 Å². The van der Waals surface area contributed by atoms with Gasteiger partial charge in [-0.25, -0.2) is 4.98 Å². The third-order valence-corrected chi connectivity index (χ3v) is 6.41. The van der Waals surface area contributed by atoms with Crippen molar-refractivity contribution in [1.29, 1.82) is 0 Å². The number of nitrogens with one attached hydrogen (secondary N) is 1. The number of hydrogen-bond donors (Lipinski definition) is 1. The Hall–Kier alpha value is -2.15. The zero-order chi connectivity index (χ0) is 21.5.